The molecule has 1 aliphatic carbocycles. The Bertz CT molecular complexity index is 1070. The second-order valence-electron chi connectivity index (χ2n) is 8.88. The van der Waals surface area contributed by atoms with Gasteiger partial charge in [0.15, 0.2) is 11.5 Å². The minimum atomic E-state index is -4.83. The second kappa shape index (κ2) is 13.1. The van der Waals surface area contributed by atoms with Crippen LogP contribution in [-0.2, 0) is 4.18 Å². The third kappa shape index (κ3) is 9.62. The van der Waals surface area contributed by atoms with E-state index in [0.29, 0.717) is 15.9 Å². The zero-order valence-corrected chi connectivity index (χ0v) is 22.9. The molecule has 0 aliphatic heterocycles. The monoisotopic (exact) mass is 560 g/mol. The van der Waals surface area contributed by atoms with Crippen LogP contribution in [0.5, 0.6) is 17.2 Å². The lowest BCUT2D eigenvalue weighted by Gasteiger charge is -2.27. The maximum Gasteiger partial charge on any atom is 0.534 e. The summed E-state index contributed by atoms with van der Waals surface area (Å²) in [5.41, 5.74) is 3.02. The van der Waals surface area contributed by atoms with Gasteiger partial charge in [-0.1, -0.05) is 33.8 Å². The summed E-state index contributed by atoms with van der Waals surface area (Å²) < 4.78 is 48.7. The van der Waals surface area contributed by atoms with Gasteiger partial charge in [-0.05, 0) is 59.1 Å². The van der Waals surface area contributed by atoms with Gasteiger partial charge in [-0.3, -0.25) is 5.21 Å². The van der Waals surface area contributed by atoms with E-state index in [1.165, 1.54) is 18.7 Å². The maximum atomic E-state index is 12.5. The standard InChI is InChI=1S/C25H31F3N2O5S2/c1-16(2)32-22-14-20(33-29(5)37-35-25(26,27)28)15-23(24(22)19-8-6-7-18(4)13-19)34-30(31)36-21-11-9-17(3)10-12-21/h9-16,19,31H,6-8H2,1-5H3. The average molecular weight is 561 g/mol. The summed E-state index contributed by atoms with van der Waals surface area (Å²) in [7, 11) is 1.27. The first-order valence-electron chi connectivity index (χ1n) is 11.7. The normalized spacial score (nSPS) is 16.3. The van der Waals surface area contributed by atoms with Gasteiger partial charge in [-0.2, -0.15) is 0 Å². The first-order valence-corrected chi connectivity index (χ1v) is 13.1. The molecule has 2 aromatic carbocycles. The third-order valence-electron chi connectivity index (χ3n) is 5.23. The van der Waals surface area contributed by atoms with Gasteiger partial charge >= 0.3 is 6.36 Å². The van der Waals surface area contributed by atoms with E-state index in [2.05, 4.69) is 17.2 Å². The van der Waals surface area contributed by atoms with E-state index in [4.69, 9.17) is 14.4 Å². The van der Waals surface area contributed by atoms with Crippen molar-refractivity contribution in [3.8, 4) is 17.2 Å². The van der Waals surface area contributed by atoms with Crippen LogP contribution >= 0.6 is 24.2 Å². The molecule has 37 heavy (non-hydrogen) atoms. The highest BCUT2D eigenvalue weighted by atomic mass is 32.2. The van der Waals surface area contributed by atoms with Gasteiger partial charge in [0.2, 0.25) is 0 Å². The van der Waals surface area contributed by atoms with Crippen LogP contribution in [0.1, 0.15) is 57.1 Å². The molecule has 12 heteroatoms. The predicted octanol–water partition coefficient (Wildman–Crippen LogP) is 8.01. The molecule has 0 spiro atoms. The van der Waals surface area contributed by atoms with Gasteiger partial charge in [0.05, 0.1) is 6.10 Å². The number of hydrogen-bond acceptors (Lipinski definition) is 9. The Morgan fingerprint density at radius 2 is 1.73 bits per heavy atom. The number of hydrogen-bond donors (Lipinski definition) is 1. The smallest absolute Gasteiger partial charge is 0.490 e. The van der Waals surface area contributed by atoms with Crippen LogP contribution in [0.2, 0.25) is 0 Å². The molecule has 0 amide bonds. The number of halogens is 3. The molecule has 1 atom stereocenters. The Morgan fingerprint density at radius 3 is 2.35 bits per heavy atom. The summed E-state index contributed by atoms with van der Waals surface area (Å²) in [5.74, 6) is 0.786. The molecule has 0 aromatic heterocycles. The summed E-state index contributed by atoms with van der Waals surface area (Å²) in [6.07, 6.45) is -0.0848. The van der Waals surface area contributed by atoms with Crippen LogP contribution in [0.4, 0.5) is 13.2 Å². The molecule has 0 bridgehead atoms. The first kappa shape index (κ1) is 29.5. The molecule has 0 radical (unpaired) electrons. The van der Waals surface area contributed by atoms with Crippen molar-refractivity contribution in [3.63, 3.8) is 0 Å². The van der Waals surface area contributed by atoms with E-state index in [1.54, 1.807) is 6.07 Å². The highest BCUT2D eigenvalue weighted by Crippen LogP contribution is 2.45. The molecule has 2 aromatic rings. The van der Waals surface area contributed by atoms with E-state index >= 15 is 0 Å². The van der Waals surface area contributed by atoms with E-state index in [1.807, 2.05) is 45.0 Å². The number of benzene rings is 2. The highest BCUT2D eigenvalue weighted by molar-refractivity contribution is 7.96. The van der Waals surface area contributed by atoms with Crippen molar-refractivity contribution >= 4 is 24.2 Å². The van der Waals surface area contributed by atoms with E-state index in [-0.39, 0.29) is 35.7 Å². The average Bonchev–Trinajstić information content (AvgIpc) is 2.78. The number of alkyl halides is 3. The lowest BCUT2D eigenvalue weighted by atomic mass is 9.85. The molecule has 1 aliphatic rings. The van der Waals surface area contributed by atoms with Gasteiger partial charge < -0.3 is 14.4 Å². The largest absolute Gasteiger partial charge is 0.534 e. The number of rotatable bonds is 11. The molecule has 1 unspecified atom stereocenters. The summed E-state index contributed by atoms with van der Waals surface area (Å²) in [6, 6.07) is 10.6. The fourth-order valence-electron chi connectivity index (χ4n) is 3.81. The zero-order valence-electron chi connectivity index (χ0n) is 21.2. The molecule has 0 fully saturated rings. The molecule has 7 nitrogen and oxygen atoms in total. The molecular weight excluding hydrogens is 529 g/mol. The minimum absolute atomic E-state index is 0.0158. The van der Waals surface area contributed by atoms with Crippen molar-refractivity contribution in [3.05, 3.63) is 59.2 Å². The number of nitrogens with zero attached hydrogens (tertiary/aromatic N) is 2. The maximum absolute atomic E-state index is 12.5. The fraction of sp³-hybridized carbons (Fsp3) is 0.440. The van der Waals surface area contributed by atoms with Crippen molar-refractivity contribution in [1.29, 1.82) is 0 Å². The van der Waals surface area contributed by atoms with E-state index < -0.39 is 6.36 Å². The lowest BCUT2D eigenvalue weighted by molar-refractivity contribution is -0.269. The molecule has 204 valence electrons. The first-order chi connectivity index (χ1) is 17.4. The molecule has 1 N–H and O–H groups in total. The minimum Gasteiger partial charge on any atom is -0.490 e. The highest BCUT2D eigenvalue weighted by Gasteiger charge is 2.32. The molecule has 0 saturated heterocycles. The topological polar surface area (TPSA) is 63.6 Å². The van der Waals surface area contributed by atoms with Crippen LogP contribution in [0, 0.1) is 6.92 Å². The summed E-state index contributed by atoms with van der Waals surface area (Å²) in [5, 5.41) is 10.6. The van der Waals surface area contributed by atoms with Crippen LogP contribution < -0.4 is 14.4 Å². The zero-order chi connectivity index (χ0) is 27.2. The molecule has 0 heterocycles. The predicted molar refractivity (Wildman–Crippen MR) is 137 cm³/mol. The van der Waals surface area contributed by atoms with Crippen molar-refractivity contribution in [2.45, 2.75) is 70.2 Å². The Kier molecular flexibility index (Phi) is 10.4. The number of aryl methyl sites for hydroxylation is 1. The Morgan fingerprint density at radius 1 is 1.05 bits per heavy atom. The van der Waals surface area contributed by atoms with Crippen LogP contribution in [0.25, 0.3) is 0 Å². The van der Waals surface area contributed by atoms with Gasteiger partial charge in [0.25, 0.3) is 0 Å². The quantitative estimate of drug-likeness (QED) is 0.127. The number of ether oxygens (including phenoxy) is 1. The fourth-order valence-corrected chi connectivity index (χ4v) is 4.67. The molecule has 3 rings (SSSR count). The third-order valence-corrected chi connectivity index (χ3v) is 6.50. The Labute approximate surface area is 223 Å². The van der Waals surface area contributed by atoms with Crippen LogP contribution in [0.3, 0.4) is 0 Å². The Balaban J connectivity index is 1.96. The van der Waals surface area contributed by atoms with Gasteiger partial charge in [-0.15, -0.1) is 13.2 Å². The van der Waals surface area contributed by atoms with Gasteiger partial charge in [0.1, 0.15) is 18.0 Å². The number of allylic oxidation sites excluding steroid dienone is 2. The Hall–Kier alpha value is -2.09. The summed E-state index contributed by atoms with van der Waals surface area (Å²) in [6.45, 7) is 7.76. The van der Waals surface area contributed by atoms with Crippen molar-refractivity contribution in [2.24, 2.45) is 0 Å². The number of hydroxylamine groups is 1. The van der Waals surface area contributed by atoms with Crippen molar-refractivity contribution < 1.29 is 37.0 Å². The van der Waals surface area contributed by atoms with Gasteiger partial charge in [-0.25, -0.2) is 4.18 Å². The lowest BCUT2D eigenvalue weighted by Crippen LogP contribution is -2.20. The summed E-state index contributed by atoms with van der Waals surface area (Å²) >= 11 is 0.948. The summed E-state index contributed by atoms with van der Waals surface area (Å²) in [4.78, 5) is 12.1. The van der Waals surface area contributed by atoms with Crippen LogP contribution in [-0.4, -0.2) is 33.8 Å². The SMILES string of the molecule is CC1=CC(c2c(OC(C)C)cc(ON(C)SOC(F)(F)F)cc2ON(O)Sc2ccc(C)cc2)CCC1. The van der Waals surface area contributed by atoms with Crippen molar-refractivity contribution in [1.82, 2.24) is 9.10 Å². The molecule has 0 saturated carbocycles. The van der Waals surface area contributed by atoms with Crippen LogP contribution in [0.15, 0.2) is 52.9 Å². The van der Waals surface area contributed by atoms with E-state index in [0.717, 1.165) is 46.1 Å². The van der Waals surface area contributed by atoms with Crippen molar-refractivity contribution in [2.75, 3.05) is 7.05 Å². The second-order valence-corrected chi connectivity index (χ2v) is 10.7. The van der Waals surface area contributed by atoms with Gasteiger partial charge in [0, 0.05) is 52.1 Å². The van der Waals surface area contributed by atoms with E-state index in [9.17, 15) is 18.4 Å². The molecular formula is C25H31F3N2O5S2.